The Morgan fingerprint density at radius 1 is 1.14 bits per heavy atom. The fourth-order valence-corrected chi connectivity index (χ4v) is 5.23. The number of imidazole rings is 1. The number of rotatable bonds is 10. The van der Waals surface area contributed by atoms with Crippen molar-refractivity contribution in [1.82, 2.24) is 29.2 Å². The van der Waals surface area contributed by atoms with E-state index in [-0.39, 0.29) is 28.9 Å². The number of aryl methyl sites for hydroxylation is 2. The van der Waals surface area contributed by atoms with Crippen LogP contribution in [0.25, 0.3) is 11.2 Å². The molecule has 1 unspecified atom stereocenters. The number of hydrogen-bond donors (Lipinski definition) is 1. The van der Waals surface area contributed by atoms with Crippen LogP contribution in [0.5, 0.6) is 11.5 Å². The van der Waals surface area contributed by atoms with Gasteiger partial charge in [-0.15, -0.1) is 0 Å². The van der Waals surface area contributed by atoms with Crippen molar-refractivity contribution in [2.45, 2.75) is 64.5 Å². The maximum Gasteiger partial charge on any atom is 0.332 e. The molecule has 1 aliphatic carbocycles. The van der Waals surface area contributed by atoms with Gasteiger partial charge in [-0.2, -0.15) is 9.97 Å². The first-order valence-corrected chi connectivity index (χ1v) is 12.8. The van der Waals surface area contributed by atoms with E-state index in [0.29, 0.717) is 36.9 Å². The van der Waals surface area contributed by atoms with Gasteiger partial charge in [-0.25, -0.2) is 4.79 Å². The van der Waals surface area contributed by atoms with Gasteiger partial charge in [0.1, 0.15) is 0 Å². The van der Waals surface area contributed by atoms with Gasteiger partial charge in [0.2, 0.25) is 11.2 Å². The fourth-order valence-electron chi connectivity index (χ4n) is 5.06. The highest BCUT2D eigenvalue weighted by Crippen LogP contribution is 2.45. The van der Waals surface area contributed by atoms with E-state index in [9.17, 15) is 9.59 Å². The number of nitrogens with one attached hydrogen (secondary N) is 1. The third-order valence-corrected chi connectivity index (χ3v) is 7.06. The minimum Gasteiger partial charge on any atom is -0.493 e. The van der Waals surface area contributed by atoms with Crippen LogP contribution in [-0.2, 0) is 25.9 Å². The molecule has 4 aromatic rings. The van der Waals surface area contributed by atoms with E-state index in [1.807, 2.05) is 19.1 Å². The van der Waals surface area contributed by atoms with Crippen LogP contribution in [-0.4, -0.2) is 43.5 Å². The van der Waals surface area contributed by atoms with Crippen molar-refractivity contribution in [2.24, 2.45) is 0 Å². The molecule has 0 aliphatic heterocycles. The van der Waals surface area contributed by atoms with Crippen LogP contribution in [0.3, 0.4) is 0 Å². The van der Waals surface area contributed by atoms with E-state index >= 15 is 0 Å². The number of nitrogens with zero attached hydrogens (tertiary/aromatic N) is 5. The summed E-state index contributed by atoms with van der Waals surface area (Å²) in [5.41, 5.74) is 1.89. The van der Waals surface area contributed by atoms with Crippen LogP contribution in [0.15, 0.2) is 26.2 Å². The number of fused-ring (bicyclic) bond motifs is 2. The molecular weight excluding hydrogens is 500 g/mol. The highest BCUT2D eigenvalue weighted by Gasteiger charge is 2.31. The highest BCUT2D eigenvalue weighted by atomic mass is 35.5. The SMILES string of the molecule is CCCCn1c(=O)n(CCCc2nc(C3CCc4c3ccc(OC)c4OC)no2)c(=O)c2[nH]c(Cl)nc21. The maximum atomic E-state index is 13.1. The van der Waals surface area contributed by atoms with Crippen molar-refractivity contribution in [1.29, 1.82) is 0 Å². The normalized spacial score (nSPS) is 14.9. The Hall–Kier alpha value is -3.60. The molecule has 1 N–H and O–H groups in total. The van der Waals surface area contributed by atoms with Crippen LogP contribution in [0.4, 0.5) is 0 Å². The summed E-state index contributed by atoms with van der Waals surface area (Å²) in [5, 5.41) is 4.31. The van der Waals surface area contributed by atoms with Crippen LogP contribution in [0.2, 0.25) is 5.28 Å². The van der Waals surface area contributed by atoms with Gasteiger partial charge in [0.15, 0.2) is 28.5 Å². The number of halogens is 1. The number of hydrogen-bond acceptors (Lipinski definition) is 8. The van der Waals surface area contributed by atoms with Gasteiger partial charge in [0.25, 0.3) is 5.56 Å². The number of benzene rings is 1. The molecular formula is C25H29ClN6O5. The predicted octanol–water partition coefficient (Wildman–Crippen LogP) is 3.45. The Labute approximate surface area is 217 Å². The van der Waals surface area contributed by atoms with Crippen molar-refractivity contribution in [2.75, 3.05) is 14.2 Å². The van der Waals surface area contributed by atoms with E-state index < -0.39 is 11.2 Å². The number of unbranched alkanes of at least 4 members (excludes halogenated alkanes) is 1. The molecule has 1 aliphatic rings. The summed E-state index contributed by atoms with van der Waals surface area (Å²) in [4.78, 5) is 37.6. The molecule has 3 heterocycles. The quantitative estimate of drug-likeness (QED) is 0.310. The van der Waals surface area contributed by atoms with Gasteiger partial charge in [-0.1, -0.05) is 24.6 Å². The summed E-state index contributed by atoms with van der Waals surface area (Å²) >= 11 is 6.00. The van der Waals surface area contributed by atoms with Gasteiger partial charge < -0.3 is 19.0 Å². The number of ether oxygens (including phenoxy) is 2. The van der Waals surface area contributed by atoms with Crippen LogP contribution < -0.4 is 20.7 Å². The Morgan fingerprint density at radius 3 is 2.70 bits per heavy atom. The number of methoxy groups -OCH3 is 2. The zero-order valence-electron chi connectivity index (χ0n) is 21.0. The van der Waals surface area contributed by atoms with Crippen molar-refractivity contribution < 1.29 is 14.0 Å². The zero-order valence-corrected chi connectivity index (χ0v) is 21.8. The molecule has 0 saturated carbocycles. The first kappa shape index (κ1) is 25.1. The number of aromatic amines is 1. The summed E-state index contributed by atoms with van der Waals surface area (Å²) in [5.74, 6) is 2.54. The molecule has 0 amide bonds. The molecule has 11 nitrogen and oxygen atoms in total. The molecule has 3 aromatic heterocycles. The minimum atomic E-state index is -0.440. The van der Waals surface area contributed by atoms with Crippen LogP contribution in [0, 0.1) is 0 Å². The average molecular weight is 529 g/mol. The standard InChI is InChI=1S/C25H29ClN6O5/c1-4-5-12-31-22-19(28-24(26)29-22)23(33)32(25(31)34)13-6-7-18-27-21(30-37-18)16-9-8-15-14(16)10-11-17(35-2)20(15)36-3/h10-11,16H,4-9,12-13H2,1-3H3,(H,28,29). The molecule has 0 spiro atoms. The van der Waals surface area contributed by atoms with Crippen molar-refractivity contribution in [3.63, 3.8) is 0 Å². The highest BCUT2D eigenvalue weighted by molar-refractivity contribution is 6.28. The maximum absolute atomic E-state index is 13.1. The lowest BCUT2D eigenvalue weighted by atomic mass is 10.00. The second-order valence-electron chi connectivity index (χ2n) is 9.08. The minimum absolute atomic E-state index is 0.00762. The molecule has 37 heavy (non-hydrogen) atoms. The molecule has 12 heteroatoms. The van der Waals surface area contributed by atoms with Crippen LogP contribution in [0.1, 0.15) is 61.4 Å². The smallest absolute Gasteiger partial charge is 0.332 e. The molecule has 196 valence electrons. The van der Waals surface area contributed by atoms with Gasteiger partial charge >= 0.3 is 5.69 Å². The Balaban J connectivity index is 1.33. The molecule has 0 saturated heterocycles. The second-order valence-corrected chi connectivity index (χ2v) is 9.44. The summed E-state index contributed by atoms with van der Waals surface area (Å²) in [6.07, 6.45) is 4.27. The predicted molar refractivity (Wildman–Crippen MR) is 137 cm³/mol. The molecule has 0 bridgehead atoms. The molecule has 0 fully saturated rings. The van der Waals surface area contributed by atoms with Crippen molar-refractivity contribution in [3.8, 4) is 11.5 Å². The summed E-state index contributed by atoms with van der Waals surface area (Å²) in [7, 11) is 3.26. The summed E-state index contributed by atoms with van der Waals surface area (Å²) in [6, 6.07) is 3.92. The first-order valence-electron chi connectivity index (χ1n) is 12.4. The van der Waals surface area contributed by atoms with E-state index in [1.165, 1.54) is 9.13 Å². The molecule has 0 radical (unpaired) electrons. The Morgan fingerprint density at radius 2 is 1.95 bits per heavy atom. The number of aromatic nitrogens is 6. The van der Waals surface area contributed by atoms with Crippen molar-refractivity contribution in [3.05, 3.63) is 61.1 Å². The second kappa shape index (κ2) is 10.4. The molecule has 1 aromatic carbocycles. The number of H-pyrrole nitrogens is 1. The lowest BCUT2D eigenvalue weighted by Gasteiger charge is -2.13. The van der Waals surface area contributed by atoms with Crippen LogP contribution >= 0.6 is 11.6 Å². The monoisotopic (exact) mass is 528 g/mol. The lowest BCUT2D eigenvalue weighted by molar-refractivity contribution is 0.352. The Kier molecular flexibility index (Phi) is 7.05. The summed E-state index contributed by atoms with van der Waals surface area (Å²) < 4.78 is 19.3. The fraction of sp³-hybridized carbons (Fsp3) is 0.480. The molecule has 1 atom stereocenters. The largest absolute Gasteiger partial charge is 0.493 e. The lowest BCUT2D eigenvalue weighted by Crippen LogP contribution is -2.40. The van der Waals surface area contributed by atoms with Gasteiger partial charge in [-0.05, 0) is 48.9 Å². The Bertz CT molecular complexity index is 1550. The van der Waals surface area contributed by atoms with Crippen molar-refractivity contribution >= 4 is 22.8 Å². The van der Waals surface area contributed by atoms with E-state index in [2.05, 4.69) is 20.1 Å². The van der Waals surface area contributed by atoms with Gasteiger partial charge in [0, 0.05) is 31.0 Å². The zero-order chi connectivity index (χ0) is 26.1. The van der Waals surface area contributed by atoms with Gasteiger partial charge in [0.05, 0.1) is 14.2 Å². The van der Waals surface area contributed by atoms with Gasteiger partial charge in [-0.3, -0.25) is 13.9 Å². The first-order chi connectivity index (χ1) is 18.0. The van der Waals surface area contributed by atoms with E-state index in [1.54, 1.807) is 14.2 Å². The van der Waals surface area contributed by atoms with E-state index in [0.717, 1.165) is 42.6 Å². The average Bonchev–Trinajstić information content (AvgIpc) is 3.63. The topological polar surface area (TPSA) is 130 Å². The third-order valence-electron chi connectivity index (χ3n) is 6.88. The summed E-state index contributed by atoms with van der Waals surface area (Å²) in [6.45, 7) is 2.70. The van der Waals surface area contributed by atoms with E-state index in [4.69, 9.17) is 25.6 Å². The third kappa shape index (κ3) is 4.52. The molecule has 5 rings (SSSR count).